The number of nitrogens with one attached hydrogen (secondary N) is 1. The Balaban J connectivity index is 1.81. The van der Waals surface area contributed by atoms with Crippen LogP contribution in [0.2, 0.25) is 0 Å². The minimum absolute atomic E-state index is 0.284. The van der Waals surface area contributed by atoms with Crippen molar-refractivity contribution in [3.63, 3.8) is 0 Å². The number of hydrogen-bond donors (Lipinski definition) is 2. The molecule has 1 aliphatic carbocycles. The van der Waals surface area contributed by atoms with E-state index >= 15 is 0 Å². The Morgan fingerprint density at radius 3 is 2.57 bits per heavy atom. The lowest BCUT2D eigenvalue weighted by Crippen LogP contribution is -2.54. The first-order valence-electron chi connectivity index (χ1n) is 7.34. The number of anilines is 2. The third-order valence-electron chi connectivity index (χ3n) is 4.59. The van der Waals surface area contributed by atoms with Crippen LogP contribution in [-0.4, -0.2) is 35.5 Å². The summed E-state index contributed by atoms with van der Waals surface area (Å²) < 4.78 is 4.33. The lowest BCUT2D eigenvalue weighted by molar-refractivity contribution is 0.0740. The van der Waals surface area contributed by atoms with Crippen molar-refractivity contribution in [3.05, 3.63) is 30.3 Å². The van der Waals surface area contributed by atoms with Crippen LogP contribution in [-0.2, 0) is 0 Å². The van der Waals surface area contributed by atoms with Crippen molar-refractivity contribution in [3.8, 4) is 11.1 Å². The molecule has 1 heterocycles. The van der Waals surface area contributed by atoms with Crippen molar-refractivity contribution >= 4 is 22.4 Å². The molecule has 0 amide bonds. The van der Waals surface area contributed by atoms with E-state index in [2.05, 4.69) is 40.8 Å². The van der Waals surface area contributed by atoms with E-state index in [1.165, 1.54) is 30.8 Å². The molecule has 1 aliphatic rings. The molecule has 112 valence electrons. The summed E-state index contributed by atoms with van der Waals surface area (Å²) in [6.45, 7) is 0.946. The van der Waals surface area contributed by atoms with Gasteiger partial charge in [0.25, 0.3) is 0 Å². The predicted octanol–water partition coefficient (Wildman–Crippen LogP) is 3.29. The Morgan fingerprint density at radius 1 is 1.29 bits per heavy atom. The van der Waals surface area contributed by atoms with E-state index < -0.39 is 0 Å². The third-order valence-corrected chi connectivity index (χ3v) is 5.41. The molecule has 0 spiro atoms. The molecule has 0 bridgehead atoms. The van der Waals surface area contributed by atoms with E-state index in [0.717, 1.165) is 22.7 Å². The summed E-state index contributed by atoms with van der Waals surface area (Å²) in [4.78, 5) is 2.34. The molecule has 0 unspecified atom stereocenters. The summed E-state index contributed by atoms with van der Waals surface area (Å²) >= 11 is 1.45. The Kier molecular flexibility index (Phi) is 3.87. The zero-order chi connectivity index (χ0) is 14.9. The average molecular weight is 302 g/mol. The monoisotopic (exact) mass is 302 g/mol. The lowest BCUT2D eigenvalue weighted by Gasteiger charge is -2.47. The summed E-state index contributed by atoms with van der Waals surface area (Å²) in [5, 5.41) is 4.67. The normalized spacial score (nSPS) is 16.7. The second-order valence-corrected chi connectivity index (χ2v) is 6.74. The SMILES string of the molecule is CN(C)C1(CNc2snc(N)c2-c2ccccc2)CCC1. The number of rotatable bonds is 5. The highest BCUT2D eigenvalue weighted by Gasteiger charge is 2.39. The molecule has 1 fully saturated rings. The maximum atomic E-state index is 6.07. The zero-order valence-corrected chi connectivity index (χ0v) is 13.4. The number of likely N-dealkylation sites (N-methyl/N-ethyl adjacent to an activating group) is 1. The molecular weight excluding hydrogens is 280 g/mol. The van der Waals surface area contributed by atoms with E-state index in [-0.39, 0.29) is 5.54 Å². The highest BCUT2D eigenvalue weighted by molar-refractivity contribution is 7.11. The second kappa shape index (κ2) is 5.66. The van der Waals surface area contributed by atoms with Gasteiger partial charge in [-0.1, -0.05) is 30.3 Å². The van der Waals surface area contributed by atoms with Gasteiger partial charge in [-0.15, -0.1) is 0 Å². The molecule has 1 saturated carbocycles. The van der Waals surface area contributed by atoms with Crippen LogP contribution in [0.4, 0.5) is 10.8 Å². The van der Waals surface area contributed by atoms with Crippen LogP contribution in [0.5, 0.6) is 0 Å². The molecule has 2 aromatic rings. The Labute approximate surface area is 130 Å². The molecule has 0 atom stereocenters. The van der Waals surface area contributed by atoms with Crippen molar-refractivity contribution < 1.29 is 0 Å². The summed E-state index contributed by atoms with van der Waals surface area (Å²) in [7, 11) is 4.33. The maximum absolute atomic E-state index is 6.07. The fourth-order valence-electron chi connectivity index (χ4n) is 2.92. The van der Waals surface area contributed by atoms with Crippen LogP contribution in [0.15, 0.2) is 30.3 Å². The van der Waals surface area contributed by atoms with E-state index in [0.29, 0.717) is 5.82 Å². The molecule has 4 nitrogen and oxygen atoms in total. The highest BCUT2D eigenvalue weighted by atomic mass is 32.1. The van der Waals surface area contributed by atoms with E-state index in [9.17, 15) is 0 Å². The van der Waals surface area contributed by atoms with Gasteiger partial charge in [0, 0.05) is 12.1 Å². The molecule has 0 radical (unpaired) electrons. The molecule has 0 aliphatic heterocycles. The minimum Gasteiger partial charge on any atom is -0.382 e. The Morgan fingerprint density at radius 2 is 2.00 bits per heavy atom. The maximum Gasteiger partial charge on any atom is 0.147 e. The van der Waals surface area contributed by atoms with E-state index in [1.807, 2.05) is 18.2 Å². The van der Waals surface area contributed by atoms with Crippen LogP contribution in [0, 0.1) is 0 Å². The van der Waals surface area contributed by atoms with Crippen LogP contribution >= 0.6 is 11.5 Å². The van der Waals surface area contributed by atoms with Gasteiger partial charge in [0.05, 0.1) is 5.56 Å². The van der Waals surface area contributed by atoms with Crippen LogP contribution < -0.4 is 11.1 Å². The molecule has 0 saturated heterocycles. The van der Waals surface area contributed by atoms with Crippen molar-refractivity contribution in [1.82, 2.24) is 9.27 Å². The largest absolute Gasteiger partial charge is 0.382 e. The van der Waals surface area contributed by atoms with Crippen molar-refractivity contribution in [2.24, 2.45) is 0 Å². The van der Waals surface area contributed by atoms with Crippen LogP contribution in [0.3, 0.4) is 0 Å². The van der Waals surface area contributed by atoms with Crippen LogP contribution in [0.1, 0.15) is 19.3 Å². The highest BCUT2D eigenvalue weighted by Crippen LogP contribution is 2.40. The smallest absolute Gasteiger partial charge is 0.147 e. The Bertz CT molecular complexity index is 602. The molecule has 5 heteroatoms. The first-order chi connectivity index (χ1) is 10.1. The third kappa shape index (κ3) is 2.63. The zero-order valence-electron chi connectivity index (χ0n) is 12.6. The van der Waals surface area contributed by atoms with Crippen molar-refractivity contribution in [2.75, 3.05) is 31.7 Å². The minimum atomic E-state index is 0.284. The number of benzene rings is 1. The summed E-state index contributed by atoms with van der Waals surface area (Å²) in [5.41, 5.74) is 8.51. The van der Waals surface area contributed by atoms with Gasteiger partial charge in [-0.3, -0.25) is 0 Å². The molecule has 3 N–H and O–H groups in total. The first-order valence-corrected chi connectivity index (χ1v) is 8.12. The van der Waals surface area contributed by atoms with Gasteiger partial charge in [0.2, 0.25) is 0 Å². The Hall–Kier alpha value is -1.59. The first kappa shape index (κ1) is 14.4. The van der Waals surface area contributed by atoms with Gasteiger partial charge in [-0.2, -0.15) is 4.37 Å². The second-order valence-electron chi connectivity index (χ2n) is 5.96. The summed E-state index contributed by atoms with van der Waals surface area (Å²) in [6, 6.07) is 10.2. The fourth-order valence-corrected chi connectivity index (χ4v) is 3.65. The molecule has 21 heavy (non-hydrogen) atoms. The lowest BCUT2D eigenvalue weighted by atomic mass is 9.75. The van der Waals surface area contributed by atoms with Gasteiger partial charge in [-0.05, 0) is 50.5 Å². The van der Waals surface area contributed by atoms with Gasteiger partial charge in [0.15, 0.2) is 0 Å². The van der Waals surface area contributed by atoms with E-state index in [4.69, 9.17) is 5.73 Å². The molecular formula is C16H22N4S. The van der Waals surface area contributed by atoms with Gasteiger partial charge in [0.1, 0.15) is 10.8 Å². The van der Waals surface area contributed by atoms with Gasteiger partial charge < -0.3 is 16.0 Å². The average Bonchev–Trinajstić information content (AvgIpc) is 2.79. The van der Waals surface area contributed by atoms with E-state index in [1.54, 1.807) is 0 Å². The van der Waals surface area contributed by atoms with Crippen molar-refractivity contribution in [1.29, 1.82) is 0 Å². The quantitative estimate of drug-likeness (QED) is 0.890. The molecule has 1 aromatic heterocycles. The molecule has 1 aromatic carbocycles. The molecule has 3 rings (SSSR count). The number of nitrogen functional groups attached to an aromatic ring is 1. The van der Waals surface area contributed by atoms with Gasteiger partial charge in [-0.25, -0.2) is 0 Å². The number of nitrogens with zero attached hydrogens (tertiary/aromatic N) is 2. The van der Waals surface area contributed by atoms with Crippen LogP contribution in [0.25, 0.3) is 11.1 Å². The topological polar surface area (TPSA) is 54.2 Å². The summed E-state index contributed by atoms with van der Waals surface area (Å²) in [5.74, 6) is 0.612. The fraction of sp³-hybridized carbons (Fsp3) is 0.438. The number of aromatic nitrogens is 1. The summed E-state index contributed by atoms with van der Waals surface area (Å²) in [6.07, 6.45) is 3.82. The standard InChI is InChI=1S/C16H22N4S/c1-20(2)16(9-6-10-16)11-18-15-13(14(17)19-21-15)12-7-4-3-5-8-12/h3-5,7-8,18H,6,9-11H2,1-2H3,(H2,17,19). The number of hydrogen-bond acceptors (Lipinski definition) is 5. The van der Waals surface area contributed by atoms with Gasteiger partial charge >= 0.3 is 0 Å². The van der Waals surface area contributed by atoms with Crippen molar-refractivity contribution in [2.45, 2.75) is 24.8 Å². The predicted molar refractivity (Wildman–Crippen MR) is 90.7 cm³/mol. The number of nitrogens with two attached hydrogens (primary N) is 1.